The first-order valence-corrected chi connectivity index (χ1v) is 5.46. The van der Waals surface area contributed by atoms with Crippen molar-refractivity contribution in [3.8, 4) is 0 Å². The Balaban J connectivity index is 2.02. The third-order valence-electron chi connectivity index (χ3n) is 3.09. The lowest BCUT2D eigenvalue weighted by Crippen LogP contribution is -2.60. The number of urea groups is 1. The summed E-state index contributed by atoms with van der Waals surface area (Å²) in [6.07, 6.45) is 0.803. The second-order valence-corrected chi connectivity index (χ2v) is 4.28. The highest BCUT2D eigenvalue weighted by Gasteiger charge is 2.59. The van der Waals surface area contributed by atoms with E-state index in [0.717, 1.165) is 4.90 Å². The number of nitrogens with zero attached hydrogens (tertiary/aromatic N) is 1. The molecule has 0 aromatic rings. The molecule has 7 nitrogen and oxygen atoms in total. The van der Waals surface area contributed by atoms with Gasteiger partial charge in [-0.1, -0.05) is 0 Å². The Hall–Kier alpha value is -1.63. The van der Waals surface area contributed by atoms with Crippen LogP contribution < -0.4 is 5.32 Å². The molecule has 2 rings (SSSR count). The number of rotatable bonds is 4. The molecule has 1 spiro atoms. The molecule has 0 atom stereocenters. The van der Waals surface area contributed by atoms with Crippen LogP contribution in [0.25, 0.3) is 0 Å². The molecule has 1 aliphatic heterocycles. The lowest BCUT2D eigenvalue weighted by molar-refractivity contribution is -0.147. The molecule has 1 heterocycles. The van der Waals surface area contributed by atoms with Crippen molar-refractivity contribution in [1.82, 2.24) is 10.2 Å². The summed E-state index contributed by atoms with van der Waals surface area (Å²) < 4.78 is 5.33. The van der Waals surface area contributed by atoms with E-state index in [1.807, 2.05) is 6.92 Å². The van der Waals surface area contributed by atoms with Gasteiger partial charge in [-0.2, -0.15) is 0 Å². The summed E-state index contributed by atoms with van der Waals surface area (Å²) in [5.41, 5.74) is -0.924. The summed E-state index contributed by atoms with van der Waals surface area (Å²) in [7, 11) is 0. The van der Waals surface area contributed by atoms with E-state index in [4.69, 9.17) is 9.84 Å². The van der Waals surface area contributed by atoms with Gasteiger partial charge in [0, 0.05) is 19.4 Å². The van der Waals surface area contributed by atoms with Crippen LogP contribution in [0.2, 0.25) is 0 Å². The average Bonchev–Trinajstić information content (AvgIpc) is 2.42. The van der Waals surface area contributed by atoms with Crippen LogP contribution in [-0.4, -0.2) is 52.7 Å². The van der Waals surface area contributed by atoms with E-state index in [2.05, 4.69) is 5.32 Å². The maximum absolute atomic E-state index is 11.9. The van der Waals surface area contributed by atoms with Gasteiger partial charge in [0.1, 0.15) is 12.1 Å². The minimum atomic E-state index is -1.20. The van der Waals surface area contributed by atoms with Crippen LogP contribution in [-0.2, 0) is 14.3 Å². The molecule has 2 N–H and O–H groups in total. The Kier molecular flexibility index (Phi) is 2.78. The number of carboxylic acid groups (broad SMARTS) is 1. The third-order valence-corrected chi connectivity index (χ3v) is 3.09. The number of hydrogen-bond acceptors (Lipinski definition) is 4. The quantitative estimate of drug-likeness (QED) is 0.651. The first-order valence-electron chi connectivity index (χ1n) is 5.46. The summed E-state index contributed by atoms with van der Waals surface area (Å²) in [6.45, 7) is 1.82. The van der Waals surface area contributed by atoms with E-state index in [-0.39, 0.29) is 6.10 Å². The van der Waals surface area contributed by atoms with Crippen molar-refractivity contribution < 1.29 is 24.2 Å². The normalized spacial score (nSPS) is 31.6. The van der Waals surface area contributed by atoms with Crippen molar-refractivity contribution in [2.45, 2.75) is 31.4 Å². The van der Waals surface area contributed by atoms with Crippen LogP contribution in [0.3, 0.4) is 0 Å². The first kappa shape index (κ1) is 11.8. The molecule has 1 saturated heterocycles. The largest absolute Gasteiger partial charge is 0.480 e. The first-order chi connectivity index (χ1) is 7.98. The van der Waals surface area contributed by atoms with E-state index in [1.54, 1.807) is 0 Å². The molecule has 94 valence electrons. The molecule has 3 amide bonds. The number of carbonyl (C=O) groups is 3. The number of aliphatic carboxylic acids is 1. The molecule has 17 heavy (non-hydrogen) atoms. The predicted octanol–water partition coefficient (Wildman–Crippen LogP) is -0.440. The summed E-state index contributed by atoms with van der Waals surface area (Å²) >= 11 is 0. The fourth-order valence-electron chi connectivity index (χ4n) is 2.30. The van der Waals surface area contributed by atoms with Crippen LogP contribution >= 0.6 is 0 Å². The van der Waals surface area contributed by atoms with Crippen molar-refractivity contribution in [1.29, 1.82) is 0 Å². The summed E-state index contributed by atoms with van der Waals surface area (Å²) in [6, 6.07) is -0.632. The van der Waals surface area contributed by atoms with Crippen LogP contribution in [0.4, 0.5) is 4.79 Å². The van der Waals surface area contributed by atoms with Gasteiger partial charge in [-0.25, -0.2) is 4.79 Å². The number of carboxylic acids is 1. The van der Waals surface area contributed by atoms with Crippen molar-refractivity contribution >= 4 is 17.9 Å². The van der Waals surface area contributed by atoms with E-state index < -0.39 is 30.0 Å². The van der Waals surface area contributed by atoms with Crippen molar-refractivity contribution in [3.63, 3.8) is 0 Å². The Bertz CT molecular complexity index is 375. The van der Waals surface area contributed by atoms with Gasteiger partial charge in [-0.15, -0.1) is 0 Å². The second-order valence-electron chi connectivity index (χ2n) is 4.28. The van der Waals surface area contributed by atoms with E-state index in [9.17, 15) is 14.4 Å². The van der Waals surface area contributed by atoms with Crippen LogP contribution in [0.5, 0.6) is 0 Å². The number of amides is 3. The highest BCUT2D eigenvalue weighted by atomic mass is 16.5. The Labute approximate surface area is 97.7 Å². The fourth-order valence-corrected chi connectivity index (χ4v) is 2.30. The predicted molar refractivity (Wildman–Crippen MR) is 55.3 cm³/mol. The molecule has 0 radical (unpaired) electrons. The van der Waals surface area contributed by atoms with Gasteiger partial charge >= 0.3 is 12.0 Å². The number of nitrogens with one attached hydrogen (secondary N) is 1. The molecule has 1 saturated carbocycles. The van der Waals surface area contributed by atoms with Gasteiger partial charge in [0.05, 0.1) is 6.10 Å². The highest BCUT2D eigenvalue weighted by molar-refractivity contribution is 6.09. The van der Waals surface area contributed by atoms with Gasteiger partial charge in [0.25, 0.3) is 5.91 Å². The molecule has 7 heteroatoms. The lowest BCUT2D eigenvalue weighted by Gasteiger charge is -2.41. The maximum atomic E-state index is 11.9. The zero-order valence-electron chi connectivity index (χ0n) is 9.43. The van der Waals surface area contributed by atoms with Gasteiger partial charge < -0.3 is 15.2 Å². The minimum absolute atomic E-state index is 0.0333. The molecule has 0 aromatic heterocycles. The van der Waals surface area contributed by atoms with Crippen molar-refractivity contribution in [3.05, 3.63) is 0 Å². The van der Waals surface area contributed by atoms with Gasteiger partial charge in [-0.3, -0.25) is 14.5 Å². The summed E-state index contributed by atoms with van der Waals surface area (Å²) in [4.78, 5) is 34.7. The van der Waals surface area contributed by atoms with Gasteiger partial charge in [0.15, 0.2) is 0 Å². The maximum Gasteiger partial charge on any atom is 0.325 e. The molecule has 0 unspecified atom stereocenters. The average molecular weight is 242 g/mol. The number of ether oxygens (including phenoxy) is 1. The number of hydrogen-bond donors (Lipinski definition) is 2. The number of carbonyl (C=O) groups excluding carboxylic acids is 2. The highest BCUT2D eigenvalue weighted by Crippen LogP contribution is 2.39. The Morgan fingerprint density at radius 2 is 2.24 bits per heavy atom. The monoisotopic (exact) mass is 242 g/mol. The standard InChI is InChI=1S/C10H14N2O5/c1-2-17-6-3-10(4-6)8(15)12(5-7(13)14)9(16)11-10/h6H,2-5H2,1H3,(H,11,16)(H,13,14). The molecule has 0 aromatic carbocycles. The SMILES string of the molecule is CCOC1CC2(C1)NC(=O)N(CC(=O)O)C2=O. The summed E-state index contributed by atoms with van der Waals surface area (Å²) in [5, 5.41) is 11.2. The van der Waals surface area contributed by atoms with Crippen LogP contribution in [0, 0.1) is 0 Å². The third kappa shape index (κ3) is 1.86. The van der Waals surface area contributed by atoms with Crippen molar-refractivity contribution in [2.75, 3.05) is 13.2 Å². The van der Waals surface area contributed by atoms with E-state index >= 15 is 0 Å². The van der Waals surface area contributed by atoms with Gasteiger partial charge in [-0.05, 0) is 6.92 Å². The van der Waals surface area contributed by atoms with Crippen molar-refractivity contribution in [2.24, 2.45) is 0 Å². The molecule has 2 aliphatic rings. The van der Waals surface area contributed by atoms with Crippen LogP contribution in [0.1, 0.15) is 19.8 Å². The Morgan fingerprint density at radius 3 is 2.76 bits per heavy atom. The van der Waals surface area contributed by atoms with Gasteiger partial charge in [0.2, 0.25) is 0 Å². The molecule has 1 aliphatic carbocycles. The molecule has 0 bridgehead atoms. The molecular weight excluding hydrogens is 228 g/mol. The lowest BCUT2D eigenvalue weighted by atomic mass is 9.74. The van der Waals surface area contributed by atoms with E-state index in [1.165, 1.54) is 0 Å². The zero-order valence-corrected chi connectivity index (χ0v) is 9.43. The molecular formula is C10H14N2O5. The Morgan fingerprint density at radius 1 is 1.59 bits per heavy atom. The van der Waals surface area contributed by atoms with E-state index in [0.29, 0.717) is 19.4 Å². The topological polar surface area (TPSA) is 95.9 Å². The fraction of sp³-hybridized carbons (Fsp3) is 0.700. The zero-order chi connectivity index (χ0) is 12.6. The smallest absolute Gasteiger partial charge is 0.325 e. The number of imide groups is 1. The van der Waals surface area contributed by atoms with Crippen LogP contribution in [0.15, 0.2) is 0 Å². The molecule has 2 fully saturated rings. The minimum Gasteiger partial charge on any atom is -0.480 e. The second kappa shape index (κ2) is 3.99. The summed E-state index contributed by atoms with van der Waals surface area (Å²) in [5.74, 6) is -1.66.